The molecule has 0 fully saturated rings. The summed E-state index contributed by atoms with van der Waals surface area (Å²) in [6, 6.07) is 6.43. The number of hydrogen-bond acceptors (Lipinski definition) is 5. The molecule has 0 aliphatic rings. The van der Waals surface area contributed by atoms with Crippen molar-refractivity contribution in [3.63, 3.8) is 0 Å². The number of carbonyl (C=O) groups is 3. The summed E-state index contributed by atoms with van der Waals surface area (Å²) in [6.07, 6.45) is 0.359. The van der Waals surface area contributed by atoms with E-state index in [2.05, 4.69) is 15.4 Å². The maximum absolute atomic E-state index is 11.8. The van der Waals surface area contributed by atoms with Gasteiger partial charge in [0.2, 0.25) is 11.8 Å². The molecule has 0 saturated carbocycles. The third kappa shape index (κ3) is 5.92. The summed E-state index contributed by atoms with van der Waals surface area (Å²) in [7, 11) is 2.84. The van der Waals surface area contributed by atoms with E-state index in [1.807, 2.05) is 0 Å². The predicted molar refractivity (Wildman–Crippen MR) is 80.5 cm³/mol. The number of anilines is 1. The molecule has 1 aromatic rings. The molecule has 0 saturated heterocycles. The maximum Gasteiger partial charge on any atom is 0.339 e. The summed E-state index contributed by atoms with van der Waals surface area (Å²) < 4.78 is 9.49. The van der Waals surface area contributed by atoms with E-state index in [9.17, 15) is 14.4 Å². The summed E-state index contributed by atoms with van der Waals surface area (Å²) in [5.74, 6) is -1.44. The Kier molecular flexibility index (Phi) is 7.63. The number of methoxy groups -OCH3 is 2. The molecule has 7 nitrogen and oxygen atoms in total. The maximum atomic E-state index is 11.8. The van der Waals surface area contributed by atoms with E-state index in [1.54, 1.807) is 25.3 Å². The fourth-order valence-electron chi connectivity index (χ4n) is 1.73. The third-order valence-electron chi connectivity index (χ3n) is 2.77. The van der Waals surface area contributed by atoms with Crippen LogP contribution in [0.1, 0.15) is 23.2 Å². The van der Waals surface area contributed by atoms with Crippen LogP contribution in [0.4, 0.5) is 5.69 Å². The molecule has 0 bridgehead atoms. The topological polar surface area (TPSA) is 93.7 Å². The third-order valence-corrected chi connectivity index (χ3v) is 2.77. The molecule has 7 heteroatoms. The number of rotatable bonds is 8. The van der Waals surface area contributed by atoms with Crippen LogP contribution in [0.3, 0.4) is 0 Å². The largest absolute Gasteiger partial charge is 0.465 e. The zero-order valence-electron chi connectivity index (χ0n) is 12.7. The van der Waals surface area contributed by atoms with Crippen LogP contribution in [-0.2, 0) is 19.1 Å². The van der Waals surface area contributed by atoms with Gasteiger partial charge < -0.3 is 20.1 Å². The van der Waals surface area contributed by atoms with Gasteiger partial charge in [-0.1, -0.05) is 12.1 Å². The lowest BCUT2D eigenvalue weighted by Gasteiger charge is -2.09. The van der Waals surface area contributed by atoms with Crippen LogP contribution in [0, 0.1) is 0 Å². The number of para-hydroxylation sites is 1. The number of carbonyl (C=O) groups excluding carboxylic acids is 3. The molecular formula is C15H20N2O5. The number of hydrogen-bond donors (Lipinski definition) is 2. The fraction of sp³-hybridized carbons (Fsp3) is 0.400. The number of benzene rings is 1. The summed E-state index contributed by atoms with van der Waals surface area (Å²) in [5, 5.41) is 5.14. The van der Waals surface area contributed by atoms with E-state index < -0.39 is 11.9 Å². The summed E-state index contributed by atoms with van der Waals surface area (Å²) in [6.45, 7) is 0.984. The molecular weight excluding hydrogens is 288 g/mol. The number of ether oxygens (including phenoxy) is 2. The second-order valence-electron chi connectivity index (χ2n) is 4.46. The van der Waals surface area contributed by atoms with E-state index in [4.69, 9.17) is 4.74 Å². The van der Waals surface area contributed by atoms with Gasteiger partial charge in [-0.15, -0.1) is 0 Å². The number of amides is 2. The van der Waals surface area contributed by atoms with Crippen molar-refractivity contribution >= 4 is 23.5 Å². The monoisotopic (exact) mass is 308 g/mol. The van der Waals surface area contributed by atoms with Crippen molar-refractivity contribution in [1.82, 2.24) is 5.32 Å². The Morgan fingerprint density at radius 3 is 2.50 bits per heavy atom. The van der Waals surface area contributed by atoms with Gasteiger partial charge >= 0.3 is 5.97 Å². The Labute approximate surface area is 129 Å². The summed E-state index contributed by atoms with van der Waals surface area (Å²) in [4.78, 5) is 35.0. The molecule has 0 unspecified atom stereocenters. The zero-order chi connectivity index (χ0) is 16.4. The van der Waals surface area contributed by atoms with Gasteiger partial charge in [0.05, 0.1) is 18.4 Å². The molecule has 0 aromatic heterocycles. The van der Waals surface area contributed by atoms with Crippen LogP contribution in [0.25, 0.3) is 0 Å². The first-order valence-corrected chi connectivity index (χ1v) is 6.81. The van der Waals surface area contributed by atoms with E-state index in [0.717, 1.165) is 0 Å². The lowest BCUT2D eigenvalue weighted by atomic mass is 10.1. The quantitative estimate of drug-likeness (QED) is 0.424. The normalized spacial score (nSPS) is 9.91. The van der Waals surface area contributed by atoms with Gasteiger partial charge in [-0.3, -0.25) is 9.59 Å². The van der Waals surface area contributed by atoms with Gasteiger partial charge in [0.25, 0.3) is 0 Å². The lowest BCUT2D eigenvalue weighted by Crippen LogP contribution is -2.29. The van der Waals surface area contributed by atoms with Gasteiger partial charge in [-0.2, -0.15) is 0 Å². The highest BCUT2D eigenvalue weighted by Gasteiger charge is 2.15. The Hall–Kier alpha value is -2.41. The van der Waals surface area contributed by atoms with Crippen molar-refractivity contribution in [3.8, 4) is 0 Å². The minimum absolute atomic E-state index is 0.235. The summed E-state index contributed by atoms with van der Waals surface area (Å²) in [5.41, 5.74) is 0.547. The Morgan fingerprint density at radius 1 is 1.09 bits per heavy atom. The van der Waals surface area contributed by atoms with Crippen molar-refractivity contribution in [3.05, 3.63) is 29.8 Å². The minimum Gasteiger partial charge on any atom is -0.465 e. The molecule has 2 N–H and O–H groups in total. The number of nitrogens with one attached hydrogen (secondary N) is 2. The number of esters is 1. The molecule has 0 aliphatic carbocycles. The molecule has 1 rings (SSSR count). The lowest BCUT2D eigenvalue weighted by molar-refractivity contribution is -0.126. The second kappa shape index (κ2) is 9.51. The van der Waals surface area contributed by atoms with E-state index in [0.29, 0.717) is 25.3 Å². The van der Waals surface area contributed by atoms with Crippen LogP contribution in [0.2, 0.25) is 0 Å². The highest BCUT2D eigenvalue weighted by atomic mass is 16.5. The van der Waals surface area contributed by atoms with Gasteiger partial charge in [-0.05, 0) is 18.6 Å². The zero-order valence-corrected chi connectivity index (χ0v) is 12.7. The van der Waals surface area contributed by atoms with Crippen LogP contribution < -0.4 is 10.6 Å². The highest BCUT2D eigenvalue weighted by Crippen LogP contribution is 2.16. The van der Waals surface area contributed by atoms with Gasteiger partial charge in [0, 0.05) is 20.3 Å². The Morgan fingerprint density at radius 2 is 1.82 bits per heavy atom. The summed E-state index contributed by atoms with van der Waals surface area (Å²) >= 11 is 0. The molecule has 0 aliphatic heterocycles. The molecule has 0 spiro atoms. The first-order valence-electron chi connectivity index (χ1n) is 6.81. The molecule has 2 amide bonds. The first-order chi connectivity index (χ1) is 10.6. The van der Waals surface area contributed by atoms with Crippen LogP contribution in [0.5, 0.6) is 0 Å². The Bertz CT molecular complexity index is 530. The standard InChI is InChI=1S/C15H20N2O5/c1-21-9-5-8-16-13(18)10-14(19)17-12-7-4-3-6-11(12)15(20)22-2/h3-4,6-7H,5,8-10H2,1-2H3,(H,16,18)(H,17,19). The molecule has 0 heterocycles. The van der Waals surface area contributed by atoms with Crippen LogP contribution in [0.15, 0.2) is 24.3 Å². The van der Waals surface area contributed by atoms with Crippen LogP contribution in [-0.4, -0.2) is 45.2 Å². The Balaban J connectivity index is 2.52. The van der Waals surface area contributed by atoms with Gasteiger partial charge in [-0.25, -0.2) is 4.79 Å². The van der Waals surface area contributed by atoms with Crippen molar-refractivity contribution in [2.45, 2.75) is 12.8 Å². The van der Waals surface area contributed by atoms with Crippen molar-refractivity contribution in [2.24, 2.45) is 0 Å². The van der Waals surface area contributed by atoms with E-state index >= 15 is 0 Å². The minimum atomic E-state index is -0.556. The van der Waals surface area contributed by atoms with E-state index in [-0.39, 0.29) is 17.9 Å². The van der Waals surface area contributed by atoms with Gasteiger partial charge in [0.15, 0.2) is 0 Å². The highest BCUT2D eigenvalue weighted by molar-refractivity contribution is 6.06. The molecule has 120 valence electrons. The van der Waals surface area contributed by atoms with Crippen molar-refractivity contribution in [2.75, 3.05) is 32.7 Å². The predicted octanol–water partition coefficient (Wildman–Crippen LogP) is 0.954. The second-order valence-corrected chi connectivity index (χ2v) is 4.46. The molecule has 0 radical (unpaired) electrons. The van der Waals surface area contributed by atoms with E-state index in [1.165, 1.54) is 13.2 Å². The average Bonchev–Trinajstić information content (AvgIpc) is 2.51. The fourth-order valence-corrected chi connectivity index (χ4v) is 1.73. The molecule has 1 aromatic carbocycles. The van der Waals surface area contributed by atoms with Crippen molar-refractivity contribution in [1.29, 1.82) is 0 Å². The smallest absolute Gasteiger partial charge is 0.339 e. The van der Waals surface area contributed by atoms with Crippen molar-refractivity contribution < 1.29 is 23.9 Å². The van der Waals surface area contributed by atoms with Gasteiger partial charge in [0.1, 0.15) is 6.42 Å². The van der Waals surface area contributed by atoms with Crippen LogP contribution >= 0.6 is 0 Å². The molecule has 0 atom stereocenters. The average molecular weight is 308 g/mol. The first kappa shape index (κ1) is 17.6. The SMILES string of the molecule is COCCCNC(=O)CC(=O)Nc1ccccc1C(=O)OC. The molecule has 22 heavy (non-hydrogen) atoms.